The molecule has 3 N–H and O–H groups in total. The molecule has 1 aromatic rings. The molecule has 1 fully saturated rings. The number of hydrogen-bond acceptors (Lipinski definition) is 4. The highest BCUT2D eigenvalue weighted by molar-refractivity contribution is 7.14. The highest BCUT2D eigenvalue weighted by Gasteiger charge is 2.31. The second-order valence-electron chi connectivity index (χ2n) is 6.75. The summed E-state index contributed by atoms with van der Waals surface area (Å²) < 4.78 is 0. The summed E-state index contributed by atoms with van der Waals surface area (Å²) in [5.74, 6) is 5.75. The minimum Gasteiger partial charge on any atom is -0.299 e. The highest BCUT2D eigenvalue weighted by Crippen LogP contribution is 2.34. The second kappa shape index (κ2) is 5.84. The van der Waals surface area contributed by atoms with E-state index in [4.69, 9.17) is 5.84 Å². The number of thiophene rings is 1. The van der Waals surface area contributed by atoms with Crippen LogP contribution in [-0.4, -0.2) is 23.9 Å². The van der Waals surface area contributed by atoms with Crippen LogP contribution >= 0.6 is 11.3 Å². The Bertz CT molecular complexity index is 490. The lowest BCUT2D eigenvalue weighted by Gasteiger charge is -2.27. The number of carbonyl (C=O) groups excluding carboxylic acids is 1. The third-order valence-corrected chi connectivity index (χ3v) is 5.36. The van der Waals surface area contributed by atoms with E-state index in [2.05, 4.69) is 38.0 Å². The number of hydrogen-bond donors (Lipinski definition) is 2. The van der Waals surface area contributed by atoms with E-state index in [-0.39, 0.29) is 5.91 Å². The first-order valence-corrected chi connectivity index (χ1v) is 7.95. The van der Waals surface area contributed by atoms with Crippen molar-refractivity contribution in [2.75, 3.05) is 13.1 Å². The first kappa shape index (κ1) is 15.5. The summed E-state index contributed by atoms with van der Waals surface area (Å²) >= 11 is 1.52. The molecular weight excluding hydrogens is 270 g/mol. The lowest BCUT2D eigenvalue weighted by Crippen LogP contribution is -2.29. The zero-order valence-electron chi connectivity index (χ0n) is 12.8. The van der Waals surface area contributed by atoms with Gasteiger partial charge in [-0.3, -0.25) is 15.1 Å². The molecule has 20 heavy (non-hydrogen) atoms. The zero-order valence-corrected chi connectivity index (χ0v) is 13.6. The van der Waals surface area contributed by atoms with Gasteiger partial charge in [-0.05, 0) is 42.9 Å². The lowest BCUT2D eigenvalue weighted by molar-refractivity contribution is 0.0957. The largest absolute Gasteiger partial charge is 0.299 e. The number of likely N-dealkylation sites (tertiary alicyclic amines) is 1. The van der Waals surface area contributed by atoms with Gasteiger partial charge in [-0.2, -0.15) is 0 Å². The predicted octanol–water partition coefficient (Wildman–Crippen LogP) is 2.53. The van der Waals surface area contributed by atoms with E-state index in [9.17, 15) is 4.79 Å². The third kappa shape index (κ3) is 3.40. The fourth-order valence-electron chi connectivity index (χ4n) is 2.78. The maximum atomic E-state index is 11.6. The molecule has 112 valence electrons. The molecule has 5 heteroatoms. The van der Waals surface area contributed by atoms with Crippen LogP contribution < -0.4 is 11.3 Å². The van der Waals surface area contributed by atoms with Crippen molar-refractivity contribution < 1.29 is 4.79 Å². The van der Waals surface area contributed by atoms with Crippen molar-refractivity contribution in [1.82, 2.24) is 10.3 Å². The molecule has 1 aliphatic rings. The van der Waals surface area contributed by atoms with Gasteiger partial charge in [-0.15, -0.1) is 11.3 Å². The molecule has 0 bridgehead atoms. The number of amides is 1. The smallest absolute Gasteiger partial charge is 0.275 e. The second-order valence-corrected chi connectivity index (χ2v) is 8.01. The summed E-state index contributed by atoms with van der Waals surface area (Å²) in [6.45, 7) is 12.3. The fraction of sp³-hybridized carbons (Fsp3) is 0.667. The molecule has 1 aromatic heterocycles. The van der Waals surface area contributed by atoms with E-state index in [1.807, 2.05) is 6.07 Å². The van der Waals surface area contributed by atoms with Crippen molar-refractivity contribution in [2.24, 2.45) is 17.2 Å². The highest BCUT2D eigenvalue weighted by atomic mass is 32.1. The van der Waals surface area contributed by atoms with Gasteiger partial charge in [-0.1, -0.05) is 20.8 Å². The number of nitrogens with zero attached hydrogens (tertiary/aromatic N) is 1. The van der Waals surface area contributed by atoms with E-state index in [1.165, 1.54) is 28.2 Å². The van der Waals surface area contributed by atoms with Crippen molar-refractivity contribution in [3.8, 4) is 0 Å². The summed E-state index contributed by atoms with van der Waals surface area (Å²) in [5.41, 5.74) is 3.83. The number of carbonyl (C=O) groups is 1. The van der Waals surface area contributed by atoms with Gasteiger partial charge in [0.15, 0.2) is 0 Å². The maximum absolute atomic E-state index is 11.6. The number of aryl methyl sites for hydroxylation is 1. The SMILES string of the molecule is Cc1sc(C(=O)NN)cc1CN1CCC(C(C)(C)C)C1. The predicted molar refractivity (Wildman–Crippen MR) is 83.5 cm³/mol. The first-order chi connectivity index (χ1) is 9.31. The third-order valence-electron chi connectivity index (χ3n) is 4.27. The molecule has 1 amide bonds. The quantitative estimate of drug-likeness (QED) is 0.512. The Kier molecular flexibility index (Phi) is 4.52. The summed E-state index contributed by atoms with van der Waals surface area (Å²) in [6, 6.07) is 1.98. The number of nitrogens with one attached hydrogen (secondary N) is 1. The molecule has 4 nitrogen and oxygen atoms in total. The van der Waals surface area contributed by atoms with Gasteiger partial charge in [0.2, 0.25) is 0 Å². The summed E-state index contributed by atoms with van der Waals surface area (Å²) in [5, 5.41) is 0. The Morgan fingerprint density at radius 2 is 2.25 bits per heavy atom. The Balaban J connectivity index is 2.01. The zero-order chi connectivity index (χ0) is 14.9. The average Bonchev–Trinajstić information content (AvgIpc) is 2.96. The van der Waals surface area contributed by atoms with E-state index in [0.717, 1.165) is 25.6 Å². The van der Waals surface area contributed by atoms with Gasteiger partial charge in [0, 0.05) is 18.0 Å². The molecule has 2 heterocycles. The molecule has 0 aromatic carbocycles. The van der Waals surface area contributed by atoms with Crippen LogP contribution in [-0.2, 0) is 6.54 Å². The van der Waals surface area contributed by atoms with Crippen LogP contribution in [0.5, 0.6) is 0 Å². The van der Waals surface area contributed by atoms with Crippen LogP contribution in [0.3, 0.4) is 0 Å². The van der Waals surface area contributed by atoms with Crippen molar-refractivity contribution in [3.05, 3.63) is 21.4 Å². The van der Waals surface area contributed by atoms with Gasteiger partial charge in [0.25, 0.3) is 5.91 Å². The van der Waals surface area contributed by atoms with Gasteiger partial charge >= 0.3 is 0 Å². The number of rotatable bonds is 3. The molecule has 2 rings (SSSR count). The topological polar surface area (TPSA) is 58.4 Å². The van der Waals surface area contributed by atoms with Crippen LogP contribution in [0.4, 0.5) is 0 Å². The van der Waals surface area contributed by atoms with E-state index in [1.54, 1.807) is 0 Å². The normalized spacial score (nSPS) is 20.4. The monoisotopic (exact) mass is 295 g/mol. The molecule has 1 saturated heterocycles. The fourth-order valence-corrected chi connectivity index (χ4v) is 3.72. The average molecular weight is 295 g/mol. The summed E-state index contributed by atoms with van der Waals surface area (Å²) in [4.78, 5) is 16.0. The van der Waals surface area contributed by atoms with Crippen LogP contribution in [0.1, 0.15) is 47.3 Å². The van der Waals surface area contributed by atoms with Crippen molar-refractivity contribution in [3.63, 3.8) is 0 Å². The summed E-state index contributed by atoms with van der Waals surface area (Å²) in [6.07, 6.45) is 1.27. The molecule has 0 saturated carbocycles. The minimum atomic E-state index is -0.196. The van der Waals surface area contributed by atoms with Crippen molar-refractivity contribution in [1.29, 1.82) is 0 Å². The summed E-state index contributed by atoms with van der Waals surface area (Å²) in [7, 11) is 0. The standard InChI is InChI=1S/C15H25N3OS/c1-10-11(7-13(20-10)14(19)17-16)8-18-6-5-12(9-18)15(2,3)4/h7,12H,5-6,8-9,16H2,1-4H3,(H,17,19). The Morgan fingerprint density at radius 3 is 2.80 bits per heavy atom. The molecule has 0 aliphatic carbocycles. The molecule has 1 aliphatic heterocycles. The minimum absolute atomic E-state index is 0.196. The Morgan fingerprint density at radius 1 is 1.55 bits per heavy atom. The van der Waals surface area contributed by atoms with E-state index in [0.29, 0.717) is 10.3 Å². The molecule has 0 spiro atoms. The van der Waals surface area contributed by atoms with Gasteiger partial charge in [0.1, 0.15) is 0 Å². The van der Waals surface area contributed by atoms with Crippen LogP contribution in [0.25, 0.3) is 0 Å². The molecule has 0 radical (unpaired) electrons. The molecular formula is C15H25N3OS. The Hall–Kier alpha value is -0.910. The molecule has 1 unspecified atom stereocenters. The number of nitrogen functional groups attached to an aromatic ring is 1. The van der Waals surface area contributed by atoms with Gasteiger partial charge < -0.3 is 0 Å². The maximum Gasteiger partial charge on any atom is 0.275 e. The Labute approximate surface area is 125 Å². The van der Waals surface area contributed by atoms with E-state index < -0.39 is 0 Å². The van der Waals surface area contributed by atoms with E-state index >= 15 is 0 Å². The van der Waals surface area contributed by atoms with Crippen LogP contribution in [0.15, 0.2) is 6.07 Å². The number of nitrogens with two attached hydrogens (primary N) is 1. The van der Waals surface area contributed by atoms with Crippen LogP contribution in [0.2, 0.25) is 0 Å². The number of hydrazine groups is 1. The van der Waals surface area contributed by atoms with Crippen molar-refractivity contribution >= 4 is 17.2 Å². The van der Waals surface area contributed by atoms with Crippen molar-refractivity contribution in [2.45, 2.75) is 40.7 Å². The first-order valence-electron chi connectivity index (χ1n) is 7.14. The lowest BCUT2D eigenvalue weighted by atomic mass is 9.80. The molecule has 1 atom stereocenters. The van der Waals surface area contributed by atoms with Crippen LogP contribution in [0, 0.1) is 18.3 Å². The van der Waals surface area contributed by atoms with Gasteiger partial charge in [-0.25, -0.2) is 5.84 Å². The van der Waals surface area contributed by atoms with Gasteiger partial charge in [0.05, 0.1) is 4.88 Å².